The number of hydrogen-bond acceptors (Lipinski definition) is 4. The van der Waals surface area contributed by atoms with E-state index in [-0.39, 0.29) is 5.54 Å². The lowest BCUT2D eigenvalue weighted by atomic mass is 9.82. The highest BCUT2D eigenvalue weighted by molar-refractivity contribution is 7.08. The van der Waals surface area contributed by atoms with E-state index >= 15 is 0 Å². The Labute approximate surface area is 146 Å². The molecule has 2 heterocycles. The fourth-order valence-corrected chi connectivity index (χ4v) is 4.08. The van der Waals surface area contributed by atoms with Crippen LogP contribution in [0.2, 0.25) is 0 Å². The third-order valence-corrected chi connectivity index (χ3v) is 5.27. The van der Waals surface area contributed by atoms with E-state index in [1.807, 2.05) is 0 Å². The van der Waals surface area contributed by atoms with Crippen LogP contribution in [0.1, 0.15) is 12.0 Å². The quantitative estimate of drug-likeness (QED) is 0.806. The van der Waals surface area contributed by atoms with Crippen molar-refractivity contribution in [2.75, 3.05) is 18.7 Å². The molecule has 0 spiro atoms. The van der Waals surface area contributed by atoms with Gasteiger partial charge >= 0.3 is 0 Å². The highest BCUT2D eigenvalue weighted by Gasteiger charge is 2.41. The molecule has 0 amide bonds. The molecule has 0 bridgehead atoms. The summed E-state index contributed by atoms with van der Waals surface area (Å²) in [6.07, 6.45) is 11.8. The van der Waals surface area contributed by atoms with Crippen LogP contribution in [0.3, 0.4) is 0 Å². The van der Waals surface area contributed by atoms with Gasteiger partial charge in [0.1, 0.15) is 11.3 Å². The van der Waals surface area contributed by atoms with Gasteiger partial charge in [-0.3, -0.25) is 10.0 Å². The van der Waals surface area contributed by atoms with Crippen molar-refractivity contribution in [3.8, 4) is 0 Å². The fraction of sp³-hybridized carbons (Fsp3) is 0.200. The number of thiophene rings is 1. The first-order valence-electron chi connectivity index (χ1n) is 8.08. The summed E-state index contributed by atoms with van der Waals surface area (Å²) in [7, 11) is 1.73. The second-order valence-electron chi connectivity index (χ2n) is 5.94. The molecule has 0 fully saturated rings. The molecule has 1 atom stereocenters. The van der Waals surface area contributed by atoms with Crippen LogP contribution >= 0.6 is 11.3 Å². The normalized spacial score (nSPS) is 22.8. The van der Waals surface area contributed by atoms with Crippen LogP contribution in [0.15, 0.2) is 83.4 Å². The molecule has 24 heavy (non-hydrogen) atoms. The maximum absolute atomic E-state index is 5.56. The lowest BCUT2D eigenvalue weighted by Crippen LogP contribution is -2.50. The Morgan fingerprint density at radius 3 is 2.75 bits per heavy atom. The minimum absolute atomic E-state index is 0.281. The van der Waals surface area contributed by atoms with Gasteiger partial charge in [-0.2, -0.15) is 11.3 Å². The molecule has 2 aliphatic rings. The molecule has 1 aromatic carbocycles. The van der Waals surface area contributed by atoms with E-state index in [0.29, 0.717) is 0 Å². The predicted molar refractivity (Wildman–Crippen MR) is 99.6 cm³/mol. The Balaban J connectivity index is 1.83. The number of methoxy groups -OCH3 is 1. The zero-order chi connectivity index (χ0) is 16.4. The molecule has 3 nitrogen and oxygen atoms in total. The molecule has 4 heteroatoms. The van der Waals surface area contributed by atoms with Crippen molar-refractivity contribution in [2.24, 2.45) is 0 Å². The lowest BCUT2D eigenvalue weighted by Gasteiger charge is -2.46. The summed E-state index contributed by atoms with van der Waals surface area (Å²) >= 11 is 1.72. The molecule has 0 saturated carbocycles. The first kappa shape index (κ1) is 15.1. The molecule has 0 N–H and O–H groups in total. The van der Waals surface area contributed by atoms with Crippen LogP contribution in [0, 0.1) is 0 Å². The number of nitrogens with zero attached hydrogens (tertiary/aromatic N) is 2. The topological polar surface area (TPSA) is 15.7 Å². The van der Waals surface area contributed by atoms with Crippen molar-refractivity contribution < 1.29 is 4.74 Å². The van der Waals surface area contributed by atoms with Gasteiger partial charge in [0.15, 0.2) is 0 Å². The summed E-state index contributed by atoms with van der Waals surface area (Å²) in [5.74, 6) is 0.899. The molecular formula is C20H20N2OS. The van der Waals surface area contributed by atoms with Crippen LogP contribution in [-0.2, 0) is 10.3 Å². The lowest BCUT2D eigenvalue weighted by molar-refractivity contribution is 0.183. The van der Waals surface area contributed by atoms with Crippen molar-refractivity contribution in [2.45, 2.75) is 12.0 Å². The number of hydrogen-bond donors (Lipinski definition) is 0. The maximum Gasteiger partial charge on any atom is 0.117 e. The van der Waals surface area contributed by atoms with Gasteiger partial charge in [0.2, 0.25) is 0 Å². The van der Waals surface area contributed by atoms with E-state index in [2.05, 4.69) is 87.7 Å². The molecular weight excluding hydrogens is 316 g/mol. The van der Waals surface area contributed by atoms with E-state index in [4.69, 9.17) is 4.74 Å². The standard InChI is InChI=1S/C20H20N2OS/c1-23-19-9-5-11-20(15-19,17-7-3-2-4-8-17)22-13-6-12-21(22)18-10-14-24-16-18/h2-10,13-16H,11-12H2,1H3. The Morgan fingerprint density at radius 2 is 2.00 bits per heavy atom. The van der Waals surface area contributed by atoms with Crippen molar-refractivity contribution in [1.29, 1.82) is 0 Å². The van der Waals surface area contributed by atoms with Gasteiger partial charge in [-0.1, -0.05) is 36.4 Å². The Bertz CT molecular complexity index is 779. The summed E-state index contributed by atoms with van der Waals surface area (Å²) in [5.41, 5.74) is 2.20. The number of rotatable bonds is 4. The predicted octanol–water partition coefficient (Wildman–Crippen LogP) is 4.68. The van der Waals surface area contributed by atoms with Gasteiger partial charge in [0.05, 0.1) is 19.3 Å². The number of hydrazine groups is 1. The van der Waals surface area contributed by atoms with Crippen LogP contribution in [-0.4, -0.2) is 18.7 Å². The number of allylic oxidation sites excluding steroid dienone is 1. The van der Waals surface area contributed by atoms with Gasteiger partial charge in [0.25, 0.3) is 0 Å². The second kappa shape index (κ2) is 6.21. The number of benzene rings is 1. The van der Waals surface area contributed by atoms with Gasteiger partial charge < -0.3 is 4.74 Å². The smallest absolute Gasteiger partial charge is 0.117 e. The second-order valence-corrected chi connectivity index (χ2v) is 6.72. The zero-order valence-corrected chi connectivity index (χ0v) is 14.4. The van der Waals surface area contributed by atoms with Gasteiger partial charge in [-0.25, -0.2) is 0 Å². The molecule has 1 aliphatic carbocycles. The molecule has 0 radical (unpaired) electrons. The monoisotopic (exact) mass is 336 g/mol. The van der Waals surface area contributed by atoms with Gasteiger partial charge in [0, 0.05) is 11.6 Å². The van der Waals surface area contributed by atoms with E-state index in [9.17, 15) is 0 Å². The van der Waals surface area contributed by atoms with Gasteiger partial charge in [-0.05, 0) is 41.7 Å². The molecule has 4 rings (SSSR count). The Kier molecular flexibility index (Phi) is 3.90. The Morgan fingerprint density at radius 1 is 1.12 bits per heavy atom. The summed E-state index contributed by atoms with van der Waals surface area (Å²) in [4.78, 5) is 0. The van der Waals surface area contributed by atoms with E-state index in [1.165, 1.54) is 11.3 Å². The minimum atomic E-state index is -0.281. The average molecular weight is 336 g/mol. The average Bonchev–Trinajstić information content (AvgIpc) is 3.33. The van der Waals surface area contributed by atoms with Crippen LogP contribution in [0.5, 0.6) is 0 Å². The van der Waals surface area contributed by atoms with Crippen molar-refractivity contribution >= 4 is 17.0 Å². The molecule has 1 aliphatic heterocycles. The summed E-state index contributed by atoms with van der Waals surface area (Å²) in [6, 6.07) is 12.8. The van der Waals surface area contributed by atoms with Crippen molar-refractivity contribution in [3.05, 3.63) is 89.0 Å². The minimum Gasteiger partial charge on any atom is -0.497 e. The van der Waals surface area contributed by atoms with Crippen molar-refractivity contribution in [3.63, 3.8) is 0 Å². The van der Waals surface area contributed by atoms with Crippen LogP contribution < -0.4 is 5.01 Å². The van der Waals surface area contributed by atoms with Crippen LogP contribution in [0.4, 0.5) is 5.69 Å². The SMILES string of the molecule is COC1=CC(c2ccccc2)(N2C=CCN2c2ccsc2)CC=C1. The summed E-state index contributed by atoms with van der Waals surface area (Å²) in [6.45, 7) is 0.880. The third-order valence-electron chi connectivity index (χ3n) is 4.60. The van der Waals surface area contributed by atoms with E-state index < -0.39 is 0 Å². The fourth-order valence-electron chi connectivity index (χ4n) is 3.44. The van der Waals surface area contributed by atoms with Gasteiger partial charge in [-0.15, -0.1) is 0 Å². The first-order valence-corrected chi connectivity index (χ1v) is 9.02. The summed E-state index contributed by atoms with van der Waals surface area (Å²) < 4.78 is 5.56. The molecule has 2 aromatic rings. The van der Waals surface area contributed by atoms with Crippen LogP contribution in [0.25, 0.3) is 0 Å². The molecule has 122 valence electrons. The highest BCUT2D eigenvalue weighted by atomic mass is 32.1. The van der Waals surface area contributed by atoms with E-state index in [0.717, 1.165) is 18.7 Å². The van der Waals surface area contributed by atoms with Crippen molar-refractivity contribution in [1.82, 2.24) is 5.01 Å². The largest absolute Gasteiger partial charge is 0.497 e. The zero-order valence-electron chi connectivity index (χ0n) is 13.6. The summed E-state index contributed by atoms with van der Waals surface area (Å²) in [5, 5.41) is 8.98. The highest BCUT2D eigenvalue weighted by Crippen LogP contribution is 2.42. The molecule has 1 aromatic heterocycles. The van der Waals surface area contributed by atoms with E-state index in [1.54, 1.807) is 18.4 Å². The molecule has 1 unspecified atom stereocenters. The first-order chi connectivity index (χ1) is 11.8. The molecule has 0 saturated heterocycles. The number of ether oxygens (including phenoxy) is 1. The third kappa shape index (κ3) is 2.43. The number of anilines is 1. The Hall–Kier alpha value is -2.46. The maximum atomic E-state index is 5.56.